The second-order valence-corrected chi connectivity index (χ2v) is 5.19. The number of esters is 1. The molecule has 4 nitrogen and oxygen atoms in total. The van der Waals surface area contributed by atoms with Gasteiger partial charge in [-0.25, -0.2) is 8.78 Å². The van der Waals surface area contributed by atoms with Gasteiger partial charge in [-0.3, -0.25) is 9.59 Å². The summed E-state index contributed by atoms with van der Waals surface area (Å²) in [5.74, 6) is -4.41. The lowest BCUT2D eigenvalue weighted by atomic mass is 10.1. The van der Waals surface area contributed by atoms with Gasteiger partial charge in [-0.2, -0.15) is 0 Å². The third-order valence-corrected chi connectivity index (χ3v) is 3.20. The van der Waals surface area contributed by atoms with Crippen LogP contribution in [0.25, 0.3) is 0 Å². The number of nitrogens with one attached hydrogen (secondary N) is 1. The van der Waals surface area contributed by atoms with E-state index < -0.39 is 24.7 Å². The molecule has 0 saturated heterocycles. The van der Waals surface area contributed by atoms with Crippen molar-refractivity contribution in [2.24, 2.45) is 0 Å². The first-order chi connectivity index (χ1) is 10.3. The summed E-state index contributed by atoms with van der Waals surface area (Å²) in [5, 5.41) is 2.44. The molecular weight excluding hydrogens is 292 g/mol. The van der Waals surface area contributed by atoms with Gasteiger partial charge in [0, 0.05) is 19.4 Å². The second-order valence-electron chi connectivity index (χ2n) is 5.19. The number of ether oxygens (including phenoxy) is 1. The molecule has 0 aliphatic carbocycles. The Morgan fingerprint density at radius 3 is 2.45 bits per heavy atom. The van der Waals surface area contributed by atoms with Crippen molar-refractivity contribution in [2.45, 2.75) is 38.5 Å². The van der Waals surface area contributed by atoms with E-state index in [0.29, 0.717) is 6.42 Å². The molecule has 122 valence electrons. The van der Waals surface area contributed by atoms with Crippen LogP contribution in [0.4, 0.5) is 8.78 Å². The van der Waals surface area contributed by atoms with E-state index in [-0.39, 0.29) is 18.9 Å². The van der Waals surface area contributed by atoms with Crippen molar-refractivity contribution in [3.63, 3.8) is 0 Å². The van der Waals surface area contributed by atoms with Crippen LogP contribution in [-0.4, -0.2) is 31.5 Å². The van der Waals surface area contributed by atoms with Crippen molar-refractivity contribution in [2.75, 3.05) is 13.7 Å². The summed E-state index contributed by atoms with van der Waals surface area (Å²) in [6.07, 6.45) is -0.753. The number of aryl methyl sites for hydroxylation is 2. The molecule has 1 rings (SSSR count). The smallest absolute Gasteiger partial charge is 0.311 e. The Labute approximate surface area is 128 Å². The maximum Gasteiger partial charge on any atom is 0.311 e. The number of hydrogen-bond donors (Lipinski definition) is 1. The van der Waals surface area contributed by atoms with Gasteiger partial charge in [-0.1, -0.05) is 29.8 Å². The van der Waals surface area contributed by atoms with Crippen molar-refractivity contribution in [3.8, 4) is 0 Å². The first kappa shape index (κ1) is 18.1. The fraction of sp³-hybridized carbons (Fsp3) is 0.500. The first-order valence-corrected chi connectivity index (χ1v) is 7.09. The SMILES string of the molecule is COC(=O)CC(F)(F)CCNC(=O)CCc1ccc(C)cc1. The molecule has 1 aromatic rings. The zero-order valence-electron chi connectivity index (χ0n) is 12.8. The maximum absolute atomic E-state index is 13.3. The van der Waals surface area contributed by atoms with Gasteiger partial charge in [-0.05, 0) is 18.9 Å². The number of rotatable bonds is 8. The van der Waals surface area contributed by atoms with Crippen molar-refractivity contribution in [1.82, 2.24) is 5.32 Å². The Hall–Kier alpha value is -1.98. The van der Waals surface area contributed by atoms with E-state index in [2.05, 4.69) is 10.1 Å². The molecule has 0 atom stereocenters. The number of carbonyl (C=O) groups excluding carboxylic acids is 2. The van der Waals surface area contributed by atoms with Gasteiger partial charge in [0.1, 0.15) is 6.42 Å². The quantitative estimate of drug-likeness (QED) is 0.751. The van der Waals surface area contributed by atoms with Crippen LogP contribution >= 0.6 is 0 Å². The minimum Gasteiger partial charge on any atom is -0.469 e. The van der Waals surface area contributed by atoms with Gasteiger partial charge in [0.05, 0.1) is 7.11 Å². The van der Waals surface area contributed by atoms with Gasteiger partial charge >= 0.3 is 5.97 Å². The van der Waals surface area contributed by atoms with Gasteiger partial charge in [0.15, 0.2) is 0 Å². The molecule has 0 bridgehead atoms. The topological polar surface area (TPSA) is 55.4 Å². The highest BCUT2D eigenvalue weighted by Crippen LogP contribution is 2.22. The molecule has 0 aromatic heterocycles. The third kappa shape index (κ3) is 7.15. The lowest BCUT2D eigenvalue weighted by Crippen LogP contribution is -2.31. The average Bonchev–Trinajstić information content (AvgIpc) is 2.46. The van der Waals surface area contributed by atoms with Crippen molar-refractivity contribution in [1.29, 1.82) is 0 Å². The molecule has 6 heteroatoms. The van der Waals surface area contributed by atoms with Crippen LogP contribution in [0.2, 0.25) is 0 Å². The van der Waals surface area contributed by atoms with E-state index in [1.165, 1.54) is 0 Å². The lowest BCUT2D eigenvalue weighted by Gasteiger charge is -2.15. The number of methoxy groups -OCH3 is 1. The van der Waals surface area contributed by atoms with E-state index in [9.17, 15) is 18.4 Å². The molecule has 0 spiro atoms. The Morgan fingerprint density at radius 1 is 1.23 bits per heavy atom. The van der Waals surface area contributed by atoms with Crippen LogP contribution in [0, 0.1) is 6.92 Å². The molecule has 0 unspecified atom stereocenters. The Kier molecular flexibility index (Phi) is 6.95. The number of halogens is 2. The minimum absolute atomic E-state index is 0.170. The molecule has 0 fully saturated rings. The Morgan fingerprint density at radius 2 is 1.86 bits per heavy atom. The Bertz CT molecular complexity index is 501. The summed E-state index contributed by atoms with van der Waals surface area (Å²) in [5.41, 5.74) is 2.16. The number of amides is 1. The predicted molar refractivity (Wildman–Crippen MR) is 78.7 cm³/mol. The largest absolute Gasteiger partial charge is 0.469 e. The van der Waals surface area contributed by atoms with E-state index in [1.54, 1.807) is 0 Å². The molecule has 1 aromatic carbocycles. The van der Waals surface area contributed by atoms with Crippen LogP contribution in [0.5, 0.6) is 0 Å². The Balaban J connectivity index is 2.25. The molecule has 0 heterocycles. The summed E-state index contributed by atoms with van der Waals surface area (Å²) in [4.78, 5) is 22.4. The second kappa shape index (κ2) is 8.46. The normalized spacial score (nSPS) is 11.1. The van der Waals surface area contributed by atoms with Crippen LogP contribution in [0.15, 0.2) is 24.3 Å². The average molecular weight is 313 g/mol. The summed E-state index contributed by atoms with van der Waals surface area (Å²) < 4.78 is 30.9. The van der Waals surface area contributed by atoms with Gasteiger partial charge < -0.3 is 10.1 Å². The van der Waals surface area contributed by atoms with Crippen molar-refractivity contribution < 1.29 is 23.1 Å². The van der Waals surface area contributed by atoms with E-state index in [0.717, 1.165) is 18.2 Å². The molecule has 0 saturated carbocycles. The lowest BCUT2D eigenvalue weighted by molar-refractivity contribution is -0.148. The summed E-state index contributed by atoms with van der Waals surface area (Å²) >= 11 is 0. The molecule has 1 N–H and O–H groups in total. The standard InChI is InChI=1S/C16H21F2NO3/c1-12-3-5-13(6-4-12)7-8-14(20)19-10-9-16(17,18)11-15(21)22-2/h3-6H,7-11H2,1-2H3,(H,19,20). The zero-order valence-corrected chi connectivity index (χ0v) is 12.8. The zero-order chi connectivity index (χ0) is 16.6. The maximum atomic E-state index is 13.3. The van der Waals surface area contributed by atoms with Crippen LogP contribution in [0.1, 0.15) is 30.4 Å². The molecule has 0 aliphatic heterocycles. The highest BCUT2D eigenvalue weighted by Gasteiger charge is 2.32. The first-order valence-electron chi connectivity index (χ1n) is 7.09. The monoisotopic (exact) mass is 313 g/mol. The molecular formula is C16H21F2NO3. The molecule has 22 heavy (non-hydrogen) atoms. The van der Waals surface area contributed by atoms with E-state index in [1.807, 2.05) is 31.2 Å². The molecule has 0 aliphatic rings. The number of hydrogen-bond acceptors (Lipinski definition) is 3. The summed E-state index contributed by atoms with van der Waals surface area (Å²) in [6, 6.07) is 7.79. The summed E-state index contributed by atoms with van der Waals surface area (Å²) in [6.45, 7) is 1.81. The predicted octanol–water partition coefficient (Wildman–Crippen LogP) is 2.63. The van der Waals surface area contributed by atoms with Gasteiger partial charge in [0.2, 0.25) is 5.91 Å². The summed E-state index contributed by atoms with van der Waals surface area (Å²) in [7, 11) is 1.06. The van der Waals surface area contributed by atoms with Crippen LogP contribution < -0.4 is 5.32 Å². The number of carbonyl (C=O) groups is 2. The highest BCUT2D eigenvalue weighted by atomic mass is 19.3. The minimum atomic E-state index is -3.17. The van der Waals surface area contributed by atoms with E-state index >= 15 is 0 Å². The van der Waals surface area contributed by atoms with Gasteiger partial charge in [0.25, 0.3) is 5.92 Å². The molecule has 0 radical (unpaired) electrons. The van der Waals surface area contributed by atoms with Gasteiger partial charge in [-0.15, -0.1) is 0 Å². The molecule has 1 amide bonds. The van der Waals surface area contributed by atoms with E-state index in [4.69, 9.17) is 0 Å². The van der Waals surface area contributed by atoms with Crippen molar-refractivity contribution >= 4 is 11.9 Å². The fourth-order valence-corrected chi connectivity index (χ4v) is 1.86. The number of alkyl halides is 2. The number of benzene rings is 1. The fourth-order valence-electron chi connectivity index (χ4n) is 1.86. The van der Waals surface area contributed by atoms with Crippen LogP contribution in [-0.2, 0) is 20.7 Å². The van der Waals surface area contributed by atoms with Crippen LogP contribution in [0.3, 0.4) is 0 Å². The third-order valence-electron chi connectivity index (χ3n) is 3.20. The highest BCUT2D eigenvalue weighted by molar-refractivity contribution is 5.76. The van der Waals surface area contributed by atoms with Crippen molar-refractivity contribution in [3.05, 3.63) is 35.4 Å².